The number of aromatic nitrogens is 1. The molecule has 0 spiro atoms. The molecule has 4 heteroatoms. The van der Waals surface area contributed by atoms with Gasteiger partial charge in [-0.25, -0.2) is 4.99 Å². The molecule has 0 aliphatic rings. The third kappa shape index (κ3) is 1.31. The molecule has 0 bridgehead atoms. The van der Waals surface area contributed by atoms with Gasteiger partial charge >= 0.3 is 0 Å². The van der Waals surface area contributed by atoms with E-state index in [1.54, 1.807) is 0 Å². The number of benzene rings is 1. The van der Waals surface area contributed by atoms with Crippen LogP contribution in [-0.4, -0.2) is 10.5 Å². The second kappa shape index (κ2) is 3.06. The van der Waals surface area contributed by atoms with E-state index in [1.165, 1.54) is 0 Å². The summed E-state index contributed by atoms with van der Waals surface area (Å²) in [6, 6.07) is 7.85. The average Bonchev–Trinajstić information content (AvgIpc) is 2.49. The first-order chi connectivity index (χ1) is 6.68. The van der Waals surface area contributed by atoms with Gasteiger partial charge in [0.1, 0.15) is 0 Å². The van der Waals surface area contributed by atoms with Gasteiger partial charge in [0, 0.05) is 24.1 Å². The number of fused-ring (bicyclic) bond motifs is 1. The molecule has 0 amide bonds. The van der Waals surface area contributed by atoms with E-state index >= 15 is 0 Å². The minimum atomic E-state index is 0.0846. The molecular weight excluding hydrogens is 176 g/mol. The molecule has 1 aromatic heterocycles. The van der Waals surface area contributed by atoms with Crippen molar-refractivity contribution in [3.8, 4) is 0 Å². The van der Waals surface area contributed by atoms with E-state index in [9.17, 15) is 0 Å². The van der Waals surface area contributed by atoms with Gasteiger partial charge < -0.3 is 16.0 Å². The number of hydrogen-bond donors (Lipinski definition) is 2. The smallest absolute Gasteiger partial charge is 0.191 e. The monoisotopic (exact) mass is 188 g/mol. The number of nitrogens with two attached hydrogens (primary N) is 2. The van der Waals surface area contributed by atoms with Crippen LogP contribution in [0.1, 0.15) is 0 Å². The number of guanidine groups is 1. The summed E-state index contributed by atoms with van der Waals surface area (Å²) in [6.07, 6.45) is 1.98. The third-order valence-corrected chi connectivity index (χ3v) is 2.15. The minimum absolute atomic E-state index is 0.0846. The van der Waals surface area contributed by atoms with Crippen LogP contribution in [-0.2, 0) is 7.05 Å². The lowest BCUT2D eigenvalue weighted by atomic mass is 10.2. The second-order valence-corrected chi connectivity index (χ2v) is 3.17. The molecule has 72 valence electrons. The number of aryl methyl sites for hydroxylation is 1. The summed E-state index contributed by atoms with van der Waals surface area (Å²) in [7, 11) is 1.99. The fourth-order valence-electron chi connectivity index (χ4n) is 1.52. The molecule has 14 heavy (non-hydrogen) atoms. The standard InChI is InChI=1S/C10H12N4/c1-14-6-5-7-8(13-10(11)12)3-2-4-9(7)14/h2-6H,1H3,(H4,11,12,13). The molecule has 1 heterocycles. The summed E-state index contributed by atoms with van der Waals surface area (Å²) < 4.78 is 2.03. The summed E-state index contributed by atoms with van der Waals surface area (Å²) >= 11 is 0. The number of hydrogen-bond acceptors (Lipinski definition) is 1. The van der Waals surface area contributed by atoms with Gasteiger partial charge in [-0.3, -0.25) is 0 Å². The highest BCUT2D eigenvalue weighted by molar-refractivity contribution is 5.93. The Morgan fingerprint density at radius 2 is 2.07 bits per heavy atom. The molecule has 0 atom stereocenters. The largest absolute Gasteiger partial charge is 0.370 e. The van der Waals surface area contributed by atoms with Crippen molar-refractivity contribution in [3.05, 3.63) is 30.5 Å². The van der Waals surface area contributed by atoms with Gasteiger partial charge in [-0.05, 0) is 18.2 Å². The zero-order valence-electron chi connectivity index (χ0n) is 7.94. The topological polar surface area (TPSA) is 69.3 Å². The highest BCUT2D eigenvalue weighted by Crippen LogP contribution is 2.25. The molecule has 0 unspecified atom stereocenters. The third-order valence-electron chi connectivity index (χ3n) is 2.15. The van der Waals surface area contributed by atoms with E-state index in [2.05, 4.69) is 4.99 Å². The van der Waals surface area contributed by atoms with Gasteiger partial charge in [0.2, 0.25) is 0 Å². The summed E-state index contributed by atoms with van der Waals surface area (Å²) in [5.41, 5.74) is 12.6. The van der Waals surface area contributed by atoms with Gasteiger partial charge in [-0.2, -0.15) is 0 Å². The van der Waals surface area contributed by atoms with Gasteiger partial charge in [-0.15, -0.1) is 0 Å². The van der Waals surface area contributed by atoms with Crippen LogP contribution in [0.4, 0.5) is 5.69 Å². The second-order valence-electron chi connectivity index (χ2n) is 3.17. The number of nitrogens with zero attached hydrogens (tertiary/aromatic N) is 2. The maximum Gasteiger partial charge on any atom is 0.191 e. The lowest BCUT2D eigenvalue weighted by Gasteiger charge is -1.99. The molecule has 2 rings (SSSR count). The van der Waals surface area contributed by atoms with Crippen LogP contribution >= 0.6 is 0 Å². The fourth-order valence-corrected chi connectivity index (χ4v) is 1.52. The van der Waals surface area contributed by atoms with E-state index in [0.717, 1.165) is 16.6 Å². The highest BCUT2D eigenvalue weighted by atomic mass is 15.0. The Morgan fingerprint density at radius 1 is 1.29 bits per heavy atom. The Balaban J connectivity index is 2.72. The van der Waals surface area contributed by atoms with E-state index in [0.29, 0.717) is 0 Å². The fraction of sp³-hybridized carbons (Fsp3) is 0.100. The van der Waals surface area contributed by atoms with Crippen LogP contribution in [0.2, 0.25) is 0 Å². The van der Waals surface area contributed by atoms with Crippen molar-refractivity contribution in [2.75, 3.05) is 0 Å². The van der Waals surface area contributed by atoms with E-state index in [1.807, 2.05) is 42.1 Å². The first-order valence-corrected chi connectivity index (χ1v) is 4.32. The van der Waals surface area contributed by atoms with E-state index in [-0.39, 0.29) is 5.96 Å². The predicted octanol–water partition coefficient (Wildman–Crippen LogP) is 1.08. The molecule has 0 saturated carbocycles. The Bertz CT molecular complexity index is 492. The molecule has 1 aromatic carbocycles. The first-order valence-electron chi connectivity index (χ1n) is 4.32. The van der Waals surface area contributed by atoms with Crippen molar-refractivity contribution in [1.82, 2.24) is 4.57 Å². The van der Waals surface area contributed by atoms with Crippen molar-refractivity contribution in [1.29, 1.82) is 0 Å². The van der Waals surface area contributed by atoms with Crippen LogP contribution in [0.5, 0.6) is 0 Å². The summed E-state index contributed by atoms with van der Waals surface area (Å²) in [6.45, 7) is 0. The van der Waals surface area contributed by atoms with E-state index < -0.39 is 0 Å². The summed E-state index contributed by atoms with van der Waals surface area (Å²) in [4.78, 5) is 4.06. The maximum absolute atomic E-state index is 5.34. The van der Waals surface area contributed by atoms with E-state index in [4.69, 9.17) is 11.5 Å². The van der Waals surface area contributed by atoms with Gasteiger partial charge in [0.25, 0.3) is 0 Å². The SMILES string of the molecule is Cn1ccc2c(N=C(N)N)cccc21. The van der Waals surface area contributed by atoms with Gasteiger partial charge in [-0.1, -0.05) is 6.07 Å². The Kier molecular flexibility index (Phi) is 1.89. The quantitative estimate of drug-likeness (QED) is 0.519. The predicted molar refractivity (Wildman–Crippen MR) is 58.4 cm³/mol. The lowest BCUT2D eigenvalue weighted by Crippen LogP contribution is -2.21. The molecule has 0 aliphatic carbocycles. The molecule has 0 radical (unpaired) electrons. The Labute approximate surface area is 81.8 Å². The molecule has 4 nitrogen and oxygen atoms in total. The van der Waals surface area contributed by atoms with Crippen LogP contribution in [0.3, 0.4) is 0 Å². The molecule has 0 aliphatic heterocycles. The van der Waals surface area contributed by atoms with Crippen molar-refractivity contribution in [2.24, 2.45) is 23.5 Å². The van der Waals surface area contributed by atoms with Crippen molar-refractivity contribution in [2.45, 2.75) is 0 Å². The van der Waals surface area contributed by atoms with Crippen molar-refractivity contribution in [3.63, 3.8) is 0 Å². The zero-order valence-corrected chi connectivity index (χ0v) is 7.94. The van der Waals surface area contributed by atoms with Gasteiger partial charge in [0.15, 0.2) is 5.96 Å². The van der Waals surface area contributed by atoms with Crippen LogP contribution in [0.25, 0.3) is 10.9 Å². The Hall–Kier alpha value is -1.97. The van der Waals surface area contributed by atoms with Crippen LogP contribution in [0, 0.1) is 0 Å². The highest BCUT2D eigenvalue weighted by Gasteiger charge is 2.01. The number of rotatable bonds is 1. The van der Waals surface area contributed by atoms with Crippen molar-refractivity contribution < 1.29 is 0 Å². The van der Waals surface area contributed by atoms with Crippen molar-refractivity contribution >= 4 is 22.5 Å². The van der Waals surface area contributed by atoms with Crippen LogP contribution in [0.15, 0.2) is 35.5 Å². The molecule has 2 aromatic rings. The average molecular weight is 188 g/mol. The minimum Gasteiger partial charge on any atom is -0.370 e. The number of aliphatic imine (C=N–C) groups is 1. The lowest BCUT2D eigenvalue weighted by molar-refractivity contribution is 0.969. The van der Waals surface area contributed by atoms with Gasteiger partial charge in [0.05, 0.1) is 5.69 Å². The molecular formula is C10H12N4. The summed E-state index contributed by atoms with van der Waals surface area (Å²) in [5.74, 6) is 0.0846. The maximum atomic E-state index is 5.34. The summed E-state index contributed by atoms with van der Waals surface area (Å²) in [5, 5.41) is 1.06. The first kappa shape index (κ1) is 8.62. The normalized spacial score (nSPS) is 10.4. The zero-order chi connectivity index (χ0) is 10.1. The Morgan fingerprint density at radius 3 is 2.79 bits per heavy atom. The molecule has 0 fully saturated rings. The molecule has 4 N–H and O–H groups in total. The molecule has 0 saturated heterocycles. The van der Waals surface area contributed by atoms with Crippen LogP contribution < -0.4 is 11.5 Å².